The molecule has 1 aromatic heterocycles. The van der Waals surface area contributed by atoms with Crippen molar-refractivity contribution in [3.05, 3.63) is 57.3 Å². The molecule has 2 aromatic rings. The Kier molecular flexibility index (Phi) is 3.88. The lowest BCUT2D eigenvalue weighted by molar-refractivity contribution is -0.138. The average Bonchev–Trinajstić information content (AvgIpc) is 2.97. The van der Waals surface area contributed by atoms with Crippen LogP contribution in [0, 0.1) is 0 Å². The van der Waals surface area contributed by atoms with Crippen molar-refractivity contribution in [1.82, 2.24) is 0 Å². The van der Waals surface area contributed by atoms with Crippen molar-refractivity contribution in [3.8, 4) is 0 Å². The second-order valence-electron chi connectivity index (χ2n) is 5.41. The molecular weight excluding hydrogens is 268 g/mol. The van der Waals surface area contributed by atoms with Gasteiger partial charge < -0.3 is 5.11 Å². The Labute approximate surface area is 123 Å². The first kappa shape index (κ1) is 13.4. The fraction of sp³-hybridized carbons (Fsp3) is 0.353. The summed E-state index contributed by atoms with van der Waals surface area (Å²) >= 11 is 1.63. The standard InChI is InChI=1S/C17H18O2S/c18-17(19)16(11-15-6-3-9-20-15)14-8-7-12-4-1-2-5-13(12)10-14/h3,6-10,16H,1-2,4-5,11H2,(H,18,19). The van der Waals surface area contributed by atoms with Gasteiger partial charge in [-0.2, -0.15) is 0 Å². The van der Waals surface area contributed by atoms with Crippen LogP contribution in [0.15, 0.2) is 35.7 Å². The van der Waals surface area contributed by atoms with Gasteiger partial charge in [0.2, 0.25) is 0 Å². The molecule has 1 N–H and O–H groups in total. The van der Waals surface area contributed by atoms with Gasteiger partial charge in [0.25, 0.3) is 0 Å². The van der Waals surface area contributed by atoms with Crippen molar-refractivity contribution < 1.29 is 9.90 Å². The summed E-state index contributed by atoms with van der Waals surface area (Å²) in [6.07, 6.45) is 5.29. The molecule has 3 heteroatoms. The molecule has 104 valence electrons. The molecular formula is C17H18O2S. The zero-order chi connectivity index (χ0) is 13.9. The number of benzene rings is 1. The van der Waals surface area contributed by atoms with Crippen molar-refractivity contribution in [2.75, 3.05) is 0 Å². The quantitative estimate of drug-likeness (QED) is 0.921. The van der Waals surface area contributed by atoms with Crippen molar-refractivity contribution in [1.29, 1.82) is 0 Å². The third-order valence-corrected chi connectivity index (χ3v) is 4.96. The van der Waals surface area contributed by atoms with Crippen LogP contribution in [-0.4, -0.2) is 11.1 Å². The number of hydrogen-bond acceptors (Lipinski definition) is 2. The summed E-state index contributed by atoms with van der Waals surface area (Å²) in [5.41, 5.74) is 3.71. The molecule has 2 nitrogen and oxygen atoms in total. The van der Waals surface area contributed by atoms with E-state index in [1.165, 1.54) is 24.0 Å². The Balaban J connectivity index is 1.89. The highest BCUT2D eigenvalue weighted by atomic mass is 32.1. The zero-order valence-corrected chi connectivity index (χ0v) is 12.2. The van der Waals surface area contributed by atoms with E-state index in [1.54, 1.807) is 11.3 Å². The van der Waals surface area contributed by atoms with Crippen molar-refractivity contribution in [2.24, 2.45) is 0 Å². The van der Waals surface area contributed by atoms with Gasteiger partial charge in [0.15, 0.2) is 0 Å². The van der Waals surface area contributed by atoms with Crippen molar-refractivity contribution in [3.63, 3.8) is 0 Å². The number of aliphatic carboxylic acids is 1. The number of carboxylic acid groups (broad SMARTS) is 1. The summed E-state index contributed by atoms with van der Waals surface area (Å²) < 4.78 is 0. The van der Waals surface area contributed by atoms with Crippen LogP contribution in [0.3, 0.4) is 0 Å². The van der Waals surface area contributed by atoms with E-state index in [-0.39, 0.29) is 0 Å². The molecule has 0 bridgehead atoms. The van der Waals surface area contributed by atoms with Gasteiger partial charge in [-0.25, -0.2) is 0 Å². The van der Waals surface area contributed by atoms with Gasteiger partial charge in [-0.1, -0.05) is 24.3 Å². The van der Waals surface area contributed by atoms with Crippen molar-refractivity contribution in [2.45, 2.75) is 38.0 Å². The van der Waals surface area contributed by atoms with E-state index in [2.05, 4.69) is 12.1 Å². The number of fused-ring (bicyclic) bond motifs is 1. The number of carbonyl (C=O) groups is 1. The molecule has 0 saturated carbocycles. The molecule has 1 unspecified atom stereocenters. The van der Waals surface area contributed by atoms with Gasteiger partial charge in [0.05, 0.1) is 5.92 Å². The summed E-state index contributed by atoms with van der Waals surface area (Å²) in [6, 6.07) is 10.3. The van der Waals surface area contributed by atoms with Crippen LogP contribution in [0.4, 0.5) is 0 Å². The number of aryl methyl sites for hydroxylation is 2. The molecule has 0 amide bonds. The van der Waals surface area contributed by atoms with E-state index in [0.717, 1.165) is 23.3 Å². The second-order valence-corrected chi connectivity index (χ2v) is 6.44. The van der Waals surface area contributed by atoms with Crippen LogP contribution >= 0.6 is 11.3 Å². The van der Waals surface area contributed by atoms with E-state index in [9.17, 15) is 9.90 Å². The number of hydrogen-bond donors (Lipinski definition) is 1. The van der Waals surface area contributed by atoms with E-state index in [4.69, 9.17) is 0 Å². The predicted molar refractivity (Wildman–Crippen MR) is 81.5 cm³/mol. The highest BCUT2D eigenvalue weighted by Crippen LogP contribution is 2.28. The highest BCUT2D eigenvalue weighted by molar-refractivity contribution is 7.09. The maximum absolute atomic E-state index is 11.6. The minimum atomic E-state index is -0.728. The zero-order valence-electron chi connectivity index (χ0n) is 11.3. The number of carboxylic acids is 1. The molecule has 1 aromatic carbocycles. The molecule has 1 aliphatic rings. The lowest BCUT2D eigenvalue weighted by atomic mass is 9.86. The minimum Gasteiger partial charge on any atom is -0.481 e. The minimum absolute atomic E-state index is 0.430. The third kappa shape index (κ3) is 2.78. The van der Waals surface area contributed by atoms with E-state index < -0.39 is 11.9 Å². The Bertz CT molecular complexity index is 601. The summed E-state index contributed by atoms with van der Waals surface area (Å²) in [7, 11) is 0. The first-order valence-electron chi connectivity index (χ1n) is 7.11. The second kappa shape index (κ2) is 5.80. The van der Waals surface area contributed by atoms with Gasteiger partial charge in [0.1, 0.15) is 0 Å². The molecule has 0 saturated heterocycles. The van der Waals surface area contributed by atoms with E-state index in [1.807, 2.05) is 23.6 Å². The molecule has 20 heavy (non-hydrogen) atoms. The first-order valence-corrected chi connectivity index (χ1v) is 7.99. The summed E-state index contributed by atoms with van der Waals surface area (Å²) in [4.78, 5) is 12.7. The van der Waals surface area contributed by atoms with Gasteiger partial charge >= 0.3 is 5.97 Å². The molecule has 1 heterocycles. The topological polar surface area (TPSA) is 37.3 Å². The fourth-order valence-electron chi connectivity index (χ4n) is 2.95. The SMILES string of the molecule is O=C(O)C(Cc1cccs1)c1ccc2c(c1)CCCC2. The number of rotatable bonds is 4. The molecule has 1 aliphatic carbocycles. The van der Waals surface area contributed by atoms with Crippen LogP contribution in [0.2, 0.25) is 0 Å². The normalized spacial score (nSPS) is 15.6. The maximum atomic E-state index is 11.6. The lowest BCUT2D eigenvalue weighted by Crippen LogP contribution is -2.15. The first-order chi connectivity index (χ1) is 9.74. The fourth-order valence-corrected chi connectivity index (χ4v) is 3.70. The Morgan fingerprint density at radius 1 is 1.20 bits per heavy atom. The lowest BCUT2D eigenvalue weighted by Gasteiger charge is -2.19. The smallest absolute Gasteiger partial charge is 0.311 e. The molecule has 3 rings (SSSR count). The highest BCUT2D eigenvalue weighted by Gasteiger charge is 2.22. The summed E-state index contributed by atoms with van der Waals surface area (Å²) in [5, 5.41) is 11.5. The molecule has 0 aliphatic heterocycles. The Morgan fingerprint density at radius 3 is 2.70 bits per heavy atom. The Hall–Kier alpha value is -1.61. The summed E-state index contributed by atoms with van der Waals surface area (Å²) in [6.45, 7) is 0. The van der Waals surface area contributed by atoms with Gasteiger partial charge in [-0.15, -0.1) is 11.3 Å². The molecule has 1 atom stereocenters. The average molecular weight is 286 g/mol. The van der Waals surface area contributed by atoms with Crippen molar-refractivity contribution >= 4 is 17.3 Å². The van der Waals surface area contributed by atoms with Crippen LogP contribution in [0.25, 0.3) is 0 Å². The van der Waals surface area contributed by atoms with Gasteiger partial charge in [-0.3, -0.25) is 4.79 Å². The van der Waals surface area contributed by atoms with E-state index in [0.29, 0.717) is 6.42 Å². The Morgan fingerprint density at radius 2 is 2.00 bits per heavy atom. The molecule has 0 fully saturated rings. The predicted octanol–water partition coefficient (Wildman–Crippen LogP) is 4.04. The van der Waals surface area contributed by atoms with Crippen LogP contribution in [0.5, 0.6) is 0 Å². The molecule has 0 radical (unpaired) electrons. The molecule has 0 spiro atoms. The van der Waals surface area contributed by atoms with Crippen LogP contribution < -0.4 is 0 Å². The van der Waals surface area contributed by atoms with Gasteiger partial charge in [0, 0.05) is 4.88 Å². The van der Waals surface area contributed by atoms with Gasteiger partial charge in [-0.05, 0) is 60.2 Å². The largest absolute Gasteiger partial charge is 0.481 e. The third-order valence-electron chi connectivity index (χ3n) is 4.06. The summed E-state index contributed by atoms with van der Waals surface area (Å²) in [5.74, 6) is -1.16. The van der Waals surface area contributed by atoms with E-state index >= 15 is 0 Å². The van der Waals surface area contributed by atoms with Crippen LogP contribution in [0.1, 0.15) is 40.3 Å². The number of thiophene rings is 1. The van der Waals surface area contributed by atoms with Crippen LogP contribution in [-0.2, 0) is 24.1 Å². The monoisotopic (exact) mass is 286 g/mol. The maximum Gasteiger partial charge on any atom is 0.311 e.